The van der Waals surface area contributed by atoms with E-state index in [0.717, 1.165) is 41.9 Å². The van der Waals surface area contributed by atoms with Crippen LogP contribution in [-0.4, -0.2) is 39.8 Å². The summed E-state index contributed by atoms with van der Waals surface area (Å²) in [5.74, 6) is 1.66. The third-order valence-corrected chi connectivity index (χ3v) is 5.24. The number of benzene rings is 1. The van der Waals surface area contributed by atoms with Gasteiger partial charge in [-0.3, -0.25) is 15.3 Å². The van der Waals surface area contributed by atoms with Crippen LogP contribution < -0.4 is 0 Å². The normalized spacial score (nSPS) is 18.9. The third kappa shape index (κ3) is 4.05. The fourth-order valence-electron chi connectivity index (χ4n) is 2.89. The van der Waals surface area contributed by atoms with Crippen molar-refractivity contribution in [2.75, 3.05) is 12.4 Å². The lowest BCUT2D eigenvalue weighted by Crippen LogP contribution is -2.40. The summed E-state index contributed by atoms with van der Waals surface area (Å²) in [6.45, 7) is 4.44. The van der Waals surface area contributed by atoms with Crippen molar-refractivity contribution in [1.82, 2.24) is 10.0 Å². The zero-order chi connectivity index (χ0) is 16.1. The van der Waals surface area contributed by atoms with Crippen molar-refractivity contribution >= 4 is 22.7 Å². The van der Waals surface area contributed by atoms with E-state index >= 15 is 0 Å². The van der Waals surface area contributed by atoms with Crippen LogP contribution in [-0.2, 0) is 10.5 Å². The molecule has 4 nitrogen and oxygen atoms in total. The molecule has 2 atom stereocenters. The first-order chi connectivity index (χ1) is 11.3. The van der Waals surface area contributed by atoms with Gasteiger partial charge in [-0.2, -0.15) is 11.8 Å². The number of para-hydroxylation sites is 1. The maximum absolute atomic E-state index is 10.0. The minimum Gasteiger partial charge on any atom is -0.376 e. The first-order valence-corrected chi connectivity index (χ1v) is 9.06. The van der Waals surface area contributed by atoms with Crippen LogP contribution in [0.4, 0.5) is 0 Å². The van der Waals surface area contributed by atoms with Gasteiger partial charge < -0.3 is 4.74 Å². The Kier molecular flexibility index (Phi) is 5.54. The molecule has 1 aliphatic rings. The minimum atomic E-state index is -0.0478. The summed E-state index contributed by atoms with van der Waals surface area (Å²) in [4.78, 5) is 4.49. The Morgan fingerprint density at radius 2 is 2.35 bits per heavy atom. The highest BCUT2D eigenvalue weighted by molar-refractivity contribution is 7.98. The van der Waals surface area contributed by atoms with E-state index in [4.69, 9.17) is 4.74 Å². The molecule has 1 N–H and O–H groups in total. The Balaban J connectivity index is 1.60. The number of aromatic nitrogens is 1. The van der Waals surface area contributed by atoms with Gasteiger partial charge in [-0.15, -0.1) is 0 Å². The lowest BCUT2D eigenvalue weighted by Gasteiger charge is -2.28. The highest BCUT2D eigenvalue weighted by atomic mass is 32.2. The number of hydrogen-bond donors (Lipinski definition) is 1. The number of thioether (sulfide) groups is 1. The SMILES string of the molecule is C=CN(O)C(CSCc1cnc2ccccc2c1)C1CCCO1. The van der Waals surface area contributed by atoms with Gasteiger partial charge >= 0.3 is 0 Å². The van der Waals surface area contributed by atoms with Gasteiger partial charge in [0, 0.05) is 35.9 Å². The van der Waals surface area contributed by atoms with Crippen molar-refractivity contribution in [2.24, 2.45) is 0 Å². The summed E-state index contributed by atoms with van der Waals surface area (Å²) in [5, 5.41) is 12.4. The van der Waals surface area contributed by atoms with E-state index in [1.54, 1.807) is 11.8 Å². The Morgan fingerprint density at radius 1 is 1.48 bits per heavy atom. The summed E-state index contributed by atoms with van der Waals surface area (Å²) in [6, 6.07) is 10.3. The topological polar surface area (TPSA) is 45.6 Å². The molecule has 1 aliphatic heterocycles. The van der Waals surface area contributed by atoms with Crippen molar-refractivity contribution in [3.8, 4) is 0 Å². The van der Waals surface area contributed by atoms with Gasteiger partial charge in [0.15, 0.2) is 0 Å². The van der Waals surface area contributed by atoms with Gasteiger partial charge in [-0.05, 0) is 30.5 Å². The van der Waals surface area contributed by atoms with E-state index in [1.807, 2.05) is 24.4 Å². The highest BCUT2D eigenvalue weighted by Crippen LogP contribution is 2.24. The summed E-state index contributed by atoms with van der Waals surface area (Å²) < 4.78 is 5.72. The van der Waals surface area contributed by atoms with Crippen LogP contribution in [0.3, 0.4) is 0 Å². The standard InChI is InChI=1S/C18H22N2O2S/c1-2-20(21)17(18-8-5-9-22-18)13-23-12-14-10-15-6-3-4-7-16(15)19-11-14/h2-4,6-7,10-11,17-18,21H,1,5,8-9,12-13H2. The number of hydroxylamine groups is 2. The number of rotatable bonds is 7. The second-order valence-electron chi connectivity index (χ2n) is 5.73. The van der Waals surface area contributed by atoms with Crippen LogP contribution in [0.25, 0.3) is 10.9 Å². The molecular weight excluding hydrogens is 308 g/mol. The fraction of sp³-hybridized carbons (Fsp3) is 0.389. The van der Waals surface area contributed by atoms with E-state index in [2.05, 4.69) is 23.7 Å². The van der Waals surface area contributed by atoms with E-state index in [9.17, 15) is 5.21 Å². The number of fused-ring (bicyclic) bond motifs is 1. The fourth-order valence-corrected chi connectivity index (χ4v) is 4.01. The summed E-state index contributed by atoms with van der Waals surface area (Å²) in [7, 11) is 0. The van der Waals surface area contributed by atoms with Crippen LogP contribution in [0.2, 0.25) is 0 Å². The molecule has 3 rings (SSSR count). The second kappa shape index (κ2) is 7.81. The van der Waals surface area contributed by atoms with Gasteiger partial charge in [0.2, 0.25) is 0 Å². The first kappa shape index (κ1) is 16.3. The molecule has 2 aromatic rings. The molecule has 2 unspecified atom stereocenters. The highest BCUT2D eigenvalue weighted by Gasteiger charge is 2.29. The van der Waals surface area contributed by atoms with Crippen molar-refractivity contribution in [3.05, 3.63) is 54.9 Å². The van der Waals surface area contributed by atoms with Gasteiger partial charge in [0.25, 0.3) is 0 Å². The largest absolute Gasteiger partial charge is 0.376 e. The van der Waals surface area contributed by atoms with Crippen molar-refractivity contribution < 1.29 is 9.94 Å². The average molecular weight is 330 g/mol. The van der Waals surface area contributed by atoms with Gasteiger partial charge in [0.1, 0.15) is 0 Å². The van der Waals surface area contributed by atoms with Crippen molar-refractivity contribution in [1.29, 1.82) is 0 Å². The summed E-state index contributed by atoms with van der Waals surface area (Å²) >= 11 is 1.78. The smallest absolute Gasteiger partial charge is 0.0907 e. The van der Waals surface area contributed by atoms with E-state index in [1.165, 1.54) is 16.8 Å². The molecule has 0 spiro atoms. The maximum atomic E-state index is 10.0. The summed E-state index contributed by atoms with van der Waals surface area (Å²) in [5.41, 5.74) is 2.22. The number of nitrogens with zero attached hydrogens (tertiary/aromatic N) is 2. The number of hydrogen-bond acceptors (Lipinski definition) is 5. The van der Waals surface area contributed by atoms with Crippen LogP contribution in [0.5, 0.6) is 0 Å². The molecule has 1 aromatic heterocycles. The molecule has 0 aliphatic carbocycles. The molecule has 0 amide bonds. The second-order valence-corrected chi connectivity index (χ2v) is 6.76. The zero-order valence-corrected chi connectivity index (χ0v) is 13.9. The van der Waals surface area contributed by atoms with E-state index in [0.29, 0.717) is 0 Å². The van der Waals surface area contributed by atoms with Crippen LogP contribution in [0, 0.1) is 0 Å². The average Bonchev–Trinajstić information content (AvgIpc) is 3.12. The molecule has 1 saturated heterocycles. The van der Waals surface area contributed by atoms with Gasteiger partial charge in [-0.25, -0.2) is 0 Å². The first-order valence-electron chi connectivity index (χ1n) is 7.90. The Labute approximate surface area is 141 Å². The number of ether oxygens (including phenoxy) is 1. The molecule has 1 aromatic carbocycles. The van der Waals surface area contributed by atoms with Crippen LogP contribution in [0.15, 0.2) is 49.3 Å². The molecule has 23 heavy (non-hydrogen) atoms. The van der Waals surface area contributed by atoms with Crippen molar-refractivity contribution in [2.45, 2.75) is 30.7 Å². The molecule has 0 radical (unpaired) electrons. The predicted molar refractivity (Wildman–Crippen MR) is 94.5 cm³/mol. The molecular formula is C18H22N2O2S. The lowest BCUT2D eigenvalue weighted by molar-refractivity contribution is -0.109. The number of pyridine rings is 1. The Hall–Kier alpha value is -1.56. The molecule has 1 fully saturated rings. The maximum Gasteiger partial charge on any atom is 0.0907 e. The van der Waals surface area contributed by atoms with Gasteiger partial charge in [0.05, 0.1) is 17.7 Å². The van der Waals surface area contributed by atoms with Gasteiger partial charge in [-0.1, -0.05) is 24.8 Å². The predicted octanol–water partition coefficient (Wildman–Crippen LogP) is 3.85. The quantitative estimate of drug-likeness (QED) is 0.781. The van der Waals surface area contributed by atoms with Crippen LogP contribution >= 0.6 is 11.8 Å². The monoisotopic (exact) mass is 330 g/mol. The minimum absolute atomic E-state index is 0.0478. The third-order valence-electron chi connectivity index (χ3n) is 4.13. The Bertz CT molecular complexity index is 658. The Morgan fingerprint density at radius 3 is 3.13 bits per heavy atom. The molecule has 122 valence electrons. The molecule has 0 bridgehead atoms. The summed E-state index contributed by atoms with van der Waals surface area (Å²) in [6.07, 6.45) is 5.53. The molecule has 0 saturated carbocycles. The zero-order valence-electron chi connectivity index (χ0n) is 13.1. The van der Waals surface area contributed by atoms with E-state index < -0.39 is 0 Å². The lowest BCUT2D eigenvalue weighted by atomic mass is 10.1. The molecule has 2 heterocycles. The van der Waals surface area contributed by atoms with Crippen molar-refractivity contribution in [3.63, 3.8) is 0 Å². The van der Waals surface area contributed by atoms with E-state index in [-0.39, 0.29) is 12.1 Å². The van der Waals surface area contributed by atoms with Crippen LogP contribution in [0.1, 0.15) is 18.4 Å². The molecule has 5 heteroatoms.